The van der Waals surface area contributed by atoms with Gasteiger partial charge in [-0.1, -0.05) is 10.4 Å². The molecule has 0 bridgehead atoms. The fourth-order valence-corrected chi connectivity index (χ4v) is 7.14. The fourth-order valence-electron chi connectivity index (χ4n) is 7.14. The molecule has 2 aliphatic rings. The number of aromatic nitrogens is 10. The lowest BCUT2D eigenvalue weighted by Gasteiger charge is -2.06. The minimum atomic E-state index is 0.250. The van der Waals surface area contributed by atoms with Crippen molar-refractivity contribution in [3.8, 4) is 34.7 Å². The average molecular weight is 801 g/mol. The van der Waals surface area contributed by atoms with E-state index in [-0.39, 0.29) is 13.2 Å². The molecule has 9 aromatic rings. The monoisotopic (exact) mass is 800 g/mol. The summed E-state index contributed by atoms with van der Waals surface area (Å²) in [6.45, 7) is 4.62. The second kappa shape index (κ2) is 15.1. The molecule has 0 atom stereocenters. The minimum absolute atomic E-state index is 0.250. The molecule has 6 aromatic heterocycles. The second-order valence-corrected chi connectivity index (χ2v) is 14.3. The third-order valence-corrected chi connectivity index (χ3v) is 10.1. The van der Waals surface area contributed by atoms with Gasteiger partial charge in [0.1, 0.15) is 72.4 Å². The third kappa shape index (κ3) is 7.32. The van der Waals surface area contributed by atoms with Gasteiger partial charge in [-0.2, -0.15) is 0 Å². The zero-order chi connectivity index (χ0) is 39.8. The lowest BCUT2D eigenvalue weighted by molar-refractivity contribution is 0.292. The van der Waals surface area contributed by atoms with E-state index in [0.717, 1.165) is 82.6 Å². The molecule has 11 rings (SSSR count). The Balaban J connectivity index is 0.645. The average Bonchev–Trinajstić information content (AvgIpc) is 4.12. The molecular weight excluding hydrogens is 765 g/mol. The Bertz CT molecular complexity index is 2830. The molecule has 0 saturated heterocycles. The molecule has 0 amide bonds. The molecule has 18 nitrogen and oxygen atoms in total. The number of benzene rings is 3. The van der Waals surface area contributed by atoms with Crippen molar-refractivity contribution in [1.29, 1.82) is 0 Å². The number of furan rings is 2. The Labute approximate surface area is 340 Å². The molecule has 60 heavy (non-hydrogen) atoms. The lowest BCUT2D eigenvalue weighted by Crippen LogP contribution is -2.19. The number of nitrogens with one attached hydrogen (secondary N) is 4. The molecule has 0 unspecified atom stereocenters. The van der Waals surface area contributed by atoms with Gasteiger partial charge >= 0.3 is 0 Å². The van der Waals surface area contributed by atoms with Crippen molar-refractivity contribution in [2.75, 3.05) is 26.2 Å². The van der Waals surface area contributed by atoms with Crippen molar-refractivity contribution in [3.05, 3.63) is 131 Å². The van der Waals surface area contributed by atoms with E-state index < -0.39 is 0 Å². The van der Waals surface area contributed by atoms with Crippen LogP contribution < -0.4 is 20.1 Å². The molecular formula is C42H36N14O4. The van der Waals surface area contributed by atoms with E-state index in [0.29, 0.717) is 59.1 Å². The van der Waals surface area contributed by atoms with Gasteiger partial charge in [-0.3, -0.25) is 9.98 Å². The Kier molecular flexibility index (Phi) is 8.82. The summed E-state index contributed by atoms with van der Waals surface area (Å²) in [6, 6.07) is 27.1. The van der Waals surface area contributed by atoms with E-state index in [2.05, 4.69) is 63.3 Å². The first-order valence-electron chi connectivity index (χ1n) is 19.5. The lowest BCUT2D eigenvalue weighted by atomic mass is 10.2. The number of rotatable bonds is 14. The first-order chi connectivity index (χ1) is 29.6. The van der Waals surface area contributed by atoms with Crippen LogP contribution in [0, 0.1) is 0 Å². The van der Waals surface area contributed by atoms with E-state index in [1.54, 1.807) is 9.36 Å². The summed E-state index contributed by atoms with van der Waals surface area (Å²) in [7, 11) is 0. The van der Waals surface area contributed by atoms with Crippen molar-refractivity contribution < 1.29 is 18.3 Å². The van der Waals surface area contributed by atoms with E-state index in [1.165, 1.54) is 0 Å². The number of amidine groups is 2. The number of ether oxygens (including phenoxy) is 2. The molecule has 0 radical (unpaired) electrons. The third-order valence-electron chi connectivity index (χ3n) is 10.1. The molecule has 3 aromatic carbocycles. The highest BCUT2D eigenvalue weighted by atomic mass is 16.5. The Morgan fingerprint density at radius 2 is 1.05 bits per heavy atom. The molecule has 18 heteroatoms. The van der Waals surface area contributed by atoms with Gasteiger partial charge in [0.2, 0.25) is 0 Å². The molecule has 0 spiro atoms. The van der Waals surface area contributed by atoms with Gasteiger partial charge < -0.3 is 38.9 Å². The first-order valence-corrected chi connectivity index (χ1v) is 19.5. The summed E-state index contributed by atoms with van der Waals surface area (Å²) in [4.78, 5) is 25.2. The predicted octanol–water partition coefficient (Wildman–Crippen LogP) is 5.10. The molecule has 298 valence electrons. The highest BCUT2D eigenvalue weighted by molar-refractivity contribution is 6.03. The zero-order valence-corrected chi connectivity index (χ0v) is 32.0. The maximum Gasteiger partial charge on any atom is 0.174 e. The highest BCUT2D eigenvalue weighted by Gasteiger charge is 2.16. The van der Waals surface area contributed by atoms with Crippen molar-refractivity contribution in [2.24, 2.45) is 9.98 Å². The quantitative estimate of drug-likeness (QED) is 0.113. The Morgan fingerprint density at radius 1 is 0.567 bits per heavy atom. The van der Waals surface area contributed by atoms with Crippen molar-refractivity contribution in [3.63, 3.8) is 0 Å². The fraction of sp³-hybridized carbons (Fsp3) is 0.190. The van der Waals surface area contributed by atoms with Gasteiger partial charge in [-0.05, 0) is 84.9 Å². The SMILES string of the molecule is c1cc(OCc2cn(Cc3ccc(-c4nc5ccc(C6=NCCN6)cc5[nH]4)o3)nn2)ccc1OCc1cn(Cc2ccc(-c3nc4ccc(C5=NCCN5)cc4[nH]3)o2)nn1. The molecule has 4 N–H and O–H groups in total. The van der Waals surface area contributed by atoms with Crippen molar-refractivity contribution in [2.45, 2.75) is 26.3 Å². The summed E-state index contributed by atoms with van der Waals surface area (Å²) >= 11 is 0. The number of hydrogen-bond donors (Lipinski definition) is 4. The summed E-state index contributed by atoms with van der Waals surface area (Å²) < 4.78 is 27.6. The Hall–Kier alpha value is -8.02. The van der Waals surface area contributed by atoms with Gasteiger partial charge in [0.05, 0.1) is 47.6 Å². The minimum Gasteiger partial charge on any atom is -0.487 e. The molecule has 0 saturated carbocycles. The van der Waals surface area contributed by atoms with Crippen LogP contribution in [-0.4, -0.2) is 87.8 Å². The maximum absolute atomic E-state index is 6.11. The number of H-pyrrole nitrogens is 2. The van der Waals surface area contributed by atoms with Gasteiger partial charge in [-0.25, -0.2) is 19.3 Å². The number of aliphatic imine (C=N–C) groups is 2. The van der Waals surface area contributed by atoms with E-state index in [1.807, 2.05) is 85.2 Å². The van der Waals surface area contributed by atoms with Crippen LogP contribution in [0.25, 0.3) is 45.2 Å². The van der Waals surface area contributed by atoms with Gasteiger partial charge in [0, 0.05) is 24.2 Å². The standard InChI is InChI=1S/C42H36N14O4/c1-9-33-35(17-25(1)39-43-13-14-44-39)49-41(47-33)37-11-7-31(59-37)21-55-19-27(51-53-55)23-57-29-3-5-30(6-4-29)58-24-28-20-56(54-52-28)22-32-8-12-38(60-32)42-48-34-10-2-26(18-36(34)50-42)40-45-15-16-46-40/h1-12,17-20H,13-16,21-24H2,(H,43,44)(H,45,46)(H,47,49)(H,48,50). The number of fused-ring (bicyclic) bond motifs is 2. The number of imidazole rings is 2. The van der Waals surface area contributed by atoms with Crippen LogP contribution in [0.15, 0.2) is 116 Å². The van der Waals surface area contributed by atoms with E-state index in [9.17, 15) is 0 Å². The maximum atomic E-state index is 6.11. The highest BCUT2D eigenvalue weighted by Crippen LogP contribution is 2.26. The summed E-state index contributed by atoms with van der Waals surface area (Å²) in [5.74, 6) is 7.21. The topological polar surface area (TPSA) is 212 Å². The zero-order valence-electron chi connectivity index (χ0n) is 32.0. The van der Waals surface area contributed by atoms with Crippen LogP contribution in [-0.2, 0) is 26.3 Å². The van der Waals surface area contributed by atoms with E-state index >= 15 is 0 Å². The number of nitrogens with zero attached hydrogens (tertiary/aromatic N) is 10. The second-order valence-electron chi connectivity index (χ2n) is 14.3. The van der Waals surface area contributed by atoms with Crippen LogP contribution in [0.5, 0.6) is 11.5 Å². The van der Waals surface area contributed by atoms with Gasteiger partial charge in [-0.15, -0.1) is 10.2 Å². The molecule has 0 aliphatic carbocycles. The Morgan fingerprint density at radius 3 is 1.50 bits per heavy atom. The molecule has 0 fully saturated rings. The van der Waals surface area contributed by atoms with Crippen LogP contribution in [0.4, 0.5) is 0 Å². The van der Waals surface area contributed by atoms with Gasteiger partial charge in [0.25, 0.3) is 0 Å². The summed E-state index contributed by atoms with van der Waals surface area (Å²) in [5, 5.41) is 23.7. The molecule has 2 aliphatic heterocycles. The van der Waals surface area contributed by atoms with E-state index in [4.69, 9.17) is 28.3 Å². The number of hydrogen-bond acceptors (Lipinski definition) is 14. The van der Waals surface area contributed by atoms with Crippen LogP contribution in [0.3, 0.4) is 0 Å². The normalized spacial score (nSPS) is 13.8. The van der Waals surface area contributed by atoms with Crippen molar-refractivity contribution in [1.82, 2.24) is 60.6 Å². The van der Waals surface area contributed by atoms with Gasteiger partial charge in [0.15, 0.2) is 23.2 Å². The number of aromatic amines is 2. The summed E-state index contributed by atoms with van der Waals surface area (Å²) in [5.41, 5.74) is 6.98. The first kappa shape index (κ1) is 35.2. The smallest absolute Gasteiger partial charge is 0.174 e. The van der Waals surface area contributed by atoms with Crippen LogP contribution in [0.1, 0.15) is 34.0 Å². The van der Waals surface area contributed by atoms with Crippen LogP contribution in [0.2, 0.25) is 0 Å². The predicted molar refractivity (Wildman–Crippen MR) is 220 cm³/mol. The molecule has 8 heterocycles. The summed E-state index contributed by atoms with van der Waals surface area (Å²) in [6.07, 6.45) is 3.67. The van der Waals surface area contributed by atoms with Crippen molar-refractivity contribution >= 4 is 33.7 Å². The largest absolute Gasteiger partial charge is 0.487 e. The van der Waals surface area contributed by atoms with Crippen LogP contribution >= 0.6 is 0 Å².